The van der Waals surface area contributed by atoms with Crippen molar-refractivity contribution in [3.05, 3.63) is 16.6 Å². The second-order valence-corrected chi connectivity index (χ2v) is 2.74. The standard InChI is InChI=1S/C7H7BrO3/c1-11-7-5(10)3-2-4(9)6(7)8/h2-3,9-10H,1H3. The lowest BCUT2D eigenvalue weighted by Gasteiger charge is -2.05. The molecular weight excluding hydrogens is 212 g/mol. The zero-order chi connectivity index (χ0) is 8.43. The molecule has 2 N–H and O–H groups in total. The van der Waals surface area contributed by atoms with Crippen LogP contribution in [0, 0.1) is 0 Å². The molecule has 0 aromatic heterocycles. The second-order valence-electron chi connectivity index (χ2n) is 1.95. The Balaban J connectivity index is 3.29. The van der Waals surface area contributed by atoms with Crippen LogP contribution in [0.15, 0.2) is 16.6 Å². The van der Waals surface area contributed by atoms with E-state index in [-0.39, 0.29) is 17.2 Å². The Labute approximate surface area is 72.4 Å². The Morgan fingerprint density at radius 1 is 1.27 bits per heavy atom. The number of phenols is 2. The van der Waals surface area contributed by atoms with Crippen molar-refractivity contribution in [3.63, 3.8) is 0 Å². The number of phenolic OH excluding ortho intramolecular Hbond substituents is 2. The first-order chi connectivity index (χ1) is 5.16. The van der Waals surface area contributed by atoms with E-state index in [1.54, 1.807) is 0 Å². The lowest BCUT2D eigenvalue weighted by molar-refractivity contribution is 0.365. The van der Waals surface area contributed by atoms with Gasteiger partial charge in [0.25, 0.3) is 0 Å². The van der Waals surface area contributed by atoms with Gasteiger partial charge in [0.2, 0.25) is 0 Å². The highest BCUT2D eigenvalue weighted by Crippen LogP contribution is 2.39. The molecule has 3 nitrogen and oxygen atoms in total. The van der Waals surface area contributed by atoms with Crippen molar-refractivity contribution >= 4 is 15.9 Å². The van der Waals surface area contributed by atoms with Crippen LogP contribution in [0.4, 0.5) is 0 Å². The molecule has 0 heterocycles. The van der Waals surface area contributed by atoms with Crippen LogP contribution in [0.1, 0.15) is 0 Å². The summed E-state index contributed by atoms with van der Waals surface area (Å²) in [7, 11) is 1.42. The van der Waals surface area contributed by atoms with Crippen molar-refractivity contribution in [2.45, 2.75) is 0 Å². The van der Waals surface area contributed by atoms with E-state index < -0.39 is 0 Å². The fraction of sp³-hybridized carbons (Fsp3) is 0.143. The number of aromatic hydroxyl groups is 2. The van der Waals surface area contributed by atoms with Gasteiger partial charge >= 0.3 is 0 Å². The van der Waals surface area contributed by atoms with Gasteiger partial charge in [-0.25, -0.2) is 0 Å². The van der Waals surface area contributed by atoms with E-state index in [1.165, 1.54) is 19.2 Å². The molecule has 0 saturated heterocycles. The Kier molecular flexibility index (Phi) is 2.24. The van der Waals surface area contributed by atoms with E-state index in [4.69, 9.17) is 14.9 Å². The topological polar surface area (TPSA) is 49.7 Å². The van der Waals surface area contributed by atoms with Gasteiger partial charge in [-0.15, -0.1) is 0 Å². The molecule has 0 aliphatic heterocycles. The maximum Gasteiger partial charge on any atom is 0.178 e. The summed E-state index contributed by atoms with van der Waals surface area (Å²) < 4.78 is 5.16. The van der Waals surface area contributed by atoms with Crippen LogP contribution >= 0.6 is 15.9 Å². The van der Waals surface area contributed by atoms with Gasteiger partial charge in [0.1, 0.15) is 10.2 Å². The van der Waals surface area contributed by atoms with Gasteiger partial charge < -0.3 is 14.9 Å². The fourth-order valence-corrected chi connectivity index (χ4v) is 1.23. The smallest absolute Gasteiger partial charge is 0.178 e. The molecule has 60 valence electrons. The maximum absolute atomic E-state index is 9.15. The second kappa shape index (κ2) is 3.00. The van der Waals surface area contributed by atoms with E-state index in [1.807, 2.05) is 0 Å². The Morgan fingerprint density at radius 2 is 1.82 bits per heavy atom. The minimum absolute atomic E-state index is 0.00262. The van der Waals surface area contributed by atoms with Crippen LogP contribution in [0.25, 0.3) is 0 Å². The maximum atomic E-state index is 9.15. The first kappa shape index (κ1) is 8.20. The molecular formula is C7H7BrO3. The van der Waals surface area contributed by atoms with Crippen molar-refractivity contribution in [1.82, 2.24) is 0 Å². The summed E-state index contributed by atoms with van der Waals surface area (Å²) in [5.74, 6) is 0.279. The average molecular weight is 219 g/mol. The first-order valence-electron chi connectivity index (χ1n) is 2.91. The predicted molar refractivity (Wildman–Crippen MR) is 44.0 cm³/mol. The number of benzene rings is 1. The number of halogens is 1. The summed E-state index contributed by atoms with van der Waals surface area (Å²) in [6.45, 7) is 0. The van der Waals surface area contributed by atoms with Gasteiger partial charge in [0.15, 0.2) is 11.5 Å². The minimum Gasteiger partial charge on any atom is -0.507 e. The van der Waals surface area contributed by atoms with Crippen molar-refractivity contribution in [3.8, 4) is 17.2 Å². The molecule has 1 aromatic rings. The van der Waals surface area contributed by atoms with E-state index >= 15 is 0 Å². The van der Waals surface area contributed by atoms with Crippen LogP contribution in [0.3, 0.4) is 0 Å². The van der Waals surface area contributed by atoms with Crippen LogP contribution in [-0.4, -0.2) is 17.3 Å². The summed E-state index contributed by atoms with van der Waals surface area (Å²) in [4.78, 5) is 0. The monoisotopic (exact) mass is 218 g/mol. The van der Waals surface area contributed by atoms with E-state index in [0.29, 0.717) is 4.47 Å². The normalized spacial score (nSPS) is 9.64. The van der Waals surface area contributed by atoms with Crippen LogP contribution in [0.5, 0.6) is 17.2 Å². The zero-order valence-corrected chi connectivity index (χ0v) is 7.42. The van der Waals surface area contributed by atoms with Gasteiger partial charge in [-0.2, -0.15) is 0 Å². The molecule has 0 fully saturated rings. The molecule has 0 aliphatic carbocycles. The third kappa shape index (κ3) is 1.40. The summed E-state index contributed by atoms with van der Waals surface area (Å²) in [6, 6.07) is 2.74. The van der Waals surface area contributed by atoms with Gasteiger partial charge in [0.05, 0.1) is 7.11 Å². The number of hydrogen-bond acceptors (Lipinski definition) is 3. The van der Waals surface area contributed by atoms with Crippen molar-refractivity contribution in [1.29, 1.82) is 0 Å². The van der Waals surface area contributed by atoms with Crippen molar-refractivity contribution < 1.29 is 14.9 Å². The number of methoxy groups -OCH3 is 1. The van der Waals surface area contributed by atoms with Gasteiger partial charge in [-0.1, -0.05) is 0 Å². The van der Waals surface area contributed by atoms with Crippen LogP contribution in [-0.2, 0) is 0 Å². The molecule has 11 heavy (non-hydrogen) atoms. The van der Waals surface area contributed by atoms with Crippen molar-refractivity contribution in [2.24, 2.45) is 0 Å². The summed E-state index contributed by atoms with van der Waals surface area (Å²) in [5.41, 5.74) is 0. The lowest BCUT2D eigenvalue weighted by Crippen LogP contribution is -1.84. The van der Waals surface area contributed by atoms with Gasteiger partial charge in [-0.05, 0) is 28.1 Å². The van der Waals surface area contributed by atoms with Gasteiger partial charge in [0, 0.05) is 0 Å². The Morgan fingerprint density at radius 3 is 2.27 bits per heavy atom. The predicted octanol–water partition coefficient (Wildman–Crippen LogP) is 1.87. The molecule has 1 aromatic carbocycles. The lowest BCUT2D eigenvalue weighted by atomic mass is 10.3. The molecule has 0 unspecified atom stereocenters. The highest BCUT2D eigenvalue weighted by atomic mass is 79.9. The minimum atomic E-state index is -0.00262. The largest absolute Gasteiger partial charge is 0.507 e. The van der Waals surface area contributed by atoms with Gasteiger partial charge in [-0.3, -0.25) is 0 Å². The summed E-state index contributed by atoms with van der Waals surface area (Å²) in [5, 5.41) is 18.3. The summed E-state index contributed by atoms with van der Waals surface area (Å²) in [6.07, 6.45) is 0. The molecule has 4 heteroatoms. The zero-order valence-electron chi connectivity index (χ0n) is 5.84. The molecule has 0 saturated carbocycles. The molecule has 0 bridgehead atoms. The molecule has 0 spiro atoms. The fourth-order valence-electron chi connectivity index (χ4n) is 0.730. The highest BCUT2D eigenvalue weighted by molar-refractivity contribution is 9.10. The van der Waals surface area contributed by atoms with Crippen LogP contribution in [0.2, 0.25) is 0 Å². The summed E-state index contributed by atoms with van der Waals surface area (Å²) >= 11 is 3.06. The molecule has 0 atom stereocenters. The molecule has 0 aliphatic rings. The van der Waals surface area contributed by atoms with Crippen molar-refractivity contribution in [2.75, 3.05) is 7.11 Å². The highest BCUT2D eigenvalue weighted by Gasteiger charge is 2.09. The van der Waals surface area contributed by atoms with E-state index in [2.05, 4.69) is 15.9 Å². The number of ether oxygens (including phenoxy) is 1. The molecule has 0 radical (unpaired) electrons. The average Bonchev–Trinajstić information content (AvgIpc) is 1.99. The first-order valence-corrected chi connectivity index (χ1v) is 3.70. The SMILES string of the molecule is COc1c(O)ccc(O)c1Br. The number of rotatable bonds is 1. The molecule has 0 amide bonds. The third-order valence-corrected chi connectivity index (χ3v) is 2.03. The van der Waals surface area contributed by atoms with E-state index in [0.717, 1.165) is 0 Å². The molecule has 1 rings (SSSR count). The Bertz CT molecular complexity index is 273. The Hall–Kier alpha value is -0.900. The quantitative estimate of drug-likeness (QED) is 0.708. The third-order valence-electron chi connectivity index (χ3n) is 1.26. The number of hydrogen-bond donors (Lipinski definition) is 2. The van der Waals surface area contributed by atoms with Crippen LogP contribution < -0.4 is 4.74 Å². The van der Waals surface area contributed by atoms with E-state index in [9.17, 15) is 0 Å².